The van der Waals surface area contributed by atoms with Crippen molar-refractivity contribution in [2.24, 2.45) is 5.92 Å². The molecule has 0 spiro atoms. The third-order valence-corrected chi connectivity index (χ3v) is 3.26. The molecule has 0 saturated heterocycles. The van der Waals surface area contributed by atoms with E-state index in [4.69, 9.17) is 0 Å². The largest absolute Gasteiger partial charge is 0.269 e. The van der Waals surface area contributed by atoms with Crippen LogP contribution in [0.5, 0.6) is 0 Å². The molecule has 0 fully saturated rings. The molecular weight excluding hydrogens is 439 g/mol. The summed E-state index contributed by atoms with van der Waals surface area (Å²) in [6, 6.07) is 6.02. The third-order valence-electron chi connectivity index (χ3n) is 3.26. The Hall–Kier alpha value is -1.05. The molecule has 0 bridgehead atoms. The Morgan fingerprint density at radius 1 is 0.933 bits per heavy atom. The Labute approximate surface area is 214 Å². The van der Waals surface area contributed by atoms with Crippen molar-refractivity contribution in [3.8, 4) is 0 Å². The molecule has 0 N–H and O–H groups in total. The van der Waals surface area contributed by atoms with E-state index in [0.717, 1.165) is 18.5 Å². The molecule has 0 amide bonds. The van der Waals surface area contributed by atoms with E-state index in [1.807, 2.05) is 99.7 Å². The fraction of sp³-hybridized carbons (Fsp3) is 0.464. The monoisotopic (exact) mass is 484 g/mol. The van der Waals surface area contributed by atoms with Gasteiger partial charge in [0.1, 0.15) is 0 Å². The van der Waals surface area contributed by atoms with Crippen LogP contribution in [0.25, 0.3) is 5.57 Å². The van der Waals surface area contributed by atoms with Gasteiger partial charge in [-0.25, -0.2) is 23.8 Å². The molecule has 1 nitrogen and oxygen atoms in total. The van der Waals surface area contributed by atoms with Crippen molar-refractivity contribution in [1.82, 2.24) is 4.98 Å². The summed E-state index contributed by atoms with van der Waals surface area (Å²) in [6.45, 7) is 20.0. The van der Waals surface area contributed by atoms with Crippen LogP contribution in [0.4, 0.5) is 0 Å². The summed E-state index contributed by atoms with van der Waals surface area (Å²) in [6.07, 6.45) is 23.0. The van der Waals surface area contributed by atoms with E-state index in [-0.39, 0.29) is 32.7 Å². The molecule has 0 saturated carbocycles. The van der Waals surface area contributed by atoms with Gasteiger partial charge in [0.05, 0.1) is 5.69 Å². The first-order chi connectivity index (χ1) is 14.4. The van der Waals surface area contributed by atoms with Gasteiger partial charge in [0, 0.05) is 38.9 Å². The van der Waals surface area contributed by atoms with Crippen molar-refractivity contribution in [2.45, 2.75) is 82.1 Å². The van der Waals surface area contributed by atoms with Gasteiger partial charge in [0.25, 0.3) is 0 Å². The van der Waals surface area contributed by atoms with Crippen LogP contribution in [-0.2, 0) is 32.7 Å². The summed E-state index contributed by atoms with van der Waals surface area (Å²) >= 11 is 0. The number of hydrogen-bond acceptors (Lipinski definition) is 1. The van der Waals surface area contributed by atoms with Crippen molar-refractivity contribution in [3.05, 3.63) is 84.3 Å². The number of rotatable bonds is 3. The van der Waals surface area contributed by atoms with Crippen LogP contribution in [0.2, 0.25) is 0 Å². The molecule has 1 atom stereocenters. The summed E-state index contributed by atoms with van der Waals surface area (Å²) in [5, 5.41) is 0. The molecule has 2 aliphatic carbocycles. The summed E-state index contributed by atoms with van der Waals surface area (Å²) in [7, 11) is 0. The maximum absolute atomic E-state index is 4.38. The summed E-state index contributed by atoms with van der Waals surface area (Å²) < 4.78 is 0. The van der Waals surface area contributed by atoms with Gasteiger partial charge < -0.3 is 0 Å². The fourth-order valence-electron chi connectivity index (χ4n) is 2.22. The number of nitrogens with zero attached hydrogens (tertiary/aromatic N) is 1. The van der Waals surface area contributed by atoms with E-state index in [0.29, 0.717) is 5.92 Å². The molecular formula is C28H45NY-2. The SMILES string of the molecule is CC.CC.CC.CC.CC.[C-]1=CC=CCC1C=[C-]C1=CC=C(c2ccccn2)C1.[Y]. The normalized spacial score (nSPS) is 14.8. The Balaban J connectivity index is -0.000000271. The summed E-state index contributed by atoms with van der Waals surface area (Å²) in [4.78, 5) is 4.38. The molecule has 0 aliphatic heterocycles. The topological polar surface area (TPSA) is 12.9 Å². The Morgan fingerprint density at radius 2 is 1.57 bits per heavy atom. The first kappa shape index (κ1) is 36.3. The van der Waals surface area contributed by atoms with E-state index in [9.17, 15) is 0 Å². The smallest absolute Gasteiger partial charge is 0.0648 e. The second-order valence-corrected chi connectivity index (χ2v) is 4.69. The van der Waals surface area contributed by atoms with Gasteiger partial charge in [-0.2, -0.15) is 12.2 Å². The van der Waals surface area contributed by atoms with Crippen molar-refractivity contribution in [3.63, 3.8) is 0 Å². The Kier molecular flexibility index (Phi) is 36.5. The molecule has 30 heavy (non-hydrogen) atoms. The van der Waals surface area contributed by atoms with E-state index in [1.165, 1.54) is 11.1 Å². The van der Waals surface area contributed by atoms with Gasteiger partial charge >= 0.3 is 0 Å². The molecule has 2 aliphatic rings. The molecule has 3 rings (SSSR count). The van der Waals surface area contributed by atoms with Gasteiger partial charge in [-0.15, -0.1) is 6.08 Å². The van der Waals surface area contributed by atoms with Gasteiger partial charge in [-0.05, 0) is 24.1 Å². The van der Waals surface area contributed by atoms with Gasteiger partial charge in [-0.3, -0.25) is 17.1 Å². The molecule has 2 heteroatoms. The van der Waals surface area contributed by atoms with Crippen molar-refractivity contribution in [2.75, 3.05) is 0 Å². The second kappa shape index (κ2) is 30.1. The average molecular weight is 485 g/mol. The minimum atomic E-state index is 0. The quantitative estimate of drug-likeness (QED) is 0.390. The molecule has 167 valence electrons. The predicted molar refractivity (Wildman–Crippen MR) is 135 cm³/mol. The van der Waals surface area contributed by atoms with Crippen molar-refractivity contribution >= 4 is 5.57 Å². The number of hydrogen-bond donors (Lipinski definition) is 0. The van der Waals surface area contributed by atoms with E-state index >= 15 is 0 Å². The average Bonchev–Trinajstić information content (AvgIpc) is 3.35. The van der Waals surface area contributed by atoms with E-state index < -0.39 is 0 Å². The second-order valence-electron chi connectivity index (χ2n) is 4.69. The molecule has 1 unspecified atom stereocenters. The van der Waals surface area contributed by atoms with Crippen LogP contribution < -0.4 is 0 Å². The standard InChI is InChI=1S/C18H15N.5C2H6.Y/c1-2-6-15(7-3-1)9-10-16-11-12-17(14-16)18-8-4-5-13-19-18;5*1-2;/h1-5,8-9,11-13,15H,6,14H2;5*1-2H3;/q-2;;;;;;. The first-order valence-electron chi connectivity index (χ1n) is 11.6. The minimum absolute atomic E-state index is 0. The zero-order valence-corrected chi connectivity index (χ0v) is 24.1. The zero-order valence-electron chi connectivity index (χ0n) is 21.3. The van der Waals surface area contributed by atoms with E-state index in [2.05, 4.69) is 47.5 Å². The Bertz CT molecular complexity index is 592. The molecule has 1 aromatic rings. The van der Waals surface area contributed by atoms with Crippen LogP contribution in [0, 0.1) is 18.1 Å². The number of aromatic nitrogens is 1. The van der Waals surface area contributed by atoms with E-state index in [1.54, 1.807) is 0 Å². The number of pyridine rings is 1. The maximum Gasteiger partial charge on any atom is 0.0648 e. The van der Waals surface area contributed by atoms with Crippen LogP contribution in [0.1, 0.15) is 87.8 Å². The molecule has 1 aromatic heterocycles. The van der Waals surface area contributed by atoms with Crippen LogP contribution in [0.3, 0.4) is 0 Å². The van der Waals surface area contributed by atoms with Crippen LogP contribution in [0.15, 0.2) is 66.4 Å². The van der Waals surface area contributed by atoms with Crippen LogP contribution >= 0.6 is 0 Å². The molecule has 1 heterocycles. The predicted octanol–water partition coefficient (Wildman–Crippen LogP) is 9.22. The fourth-order valence-corrected chi connectivity index (χ4v) is 2.22. The zero-order chi connectivity index (χ0) is 22.9. The summed E-state index contributed by atoms with van der Waals surface area (Å²) in [5.41, 5.74) is 3.54. The molecule has 0 aromatic carbocycles. The third kappa shape index (κ3) is 16.7. The van der Waals surface area contributed by atoms with Crippen LogP contribution in [-0.4, -0.2) is 4.98 Å². The Morgan fingerprint density at radius 3 is 2.07 bits per heavy atom. The summed E-state index contributed by atoms with van der Waals surface area (Å²) in [5.74, 6) is 0.366. The first-order valence-corrected chi connectivity index (χ1v) is 11.6. The van der Waals surface area contributed by atoms with Crippen molar-refractivity contribution in [1.29, 1.82) is 0 Å². The van der Waals surface area contributed by atoms with Crippen molar-refractivity contribution < 1.29 is 32.7 Å². The maximum atomic E-state index is 4.38. The van der Waals surface area contributed by atoms with Gasteiger partial charge in [0.15, 0.2) is 0 Å². The number of allylic oxidation sites excluding steroid dienone is 10. The van der Waals surface area contributed by atoms with Gasteiger partial charge in [0.2, 0.25) is 0 Å². The minimum Gasteiger partial charge on any atom is -0.269 e. The van der Waals surface area contributed by atoms with Gasteiger partial charge in [-0.1, -0.05) is 87.6 Å². The molecule has 1 radical (unpaired) electrons.